The third kappa shape index (κ3) is 4.89. The summed E-state index contributed by atoms with van der Waals surface area (Å²) >= 11 is 1.14. The number of ether oxygens (including phenoxy) is 2. The lowest BCUT2D eigenvalue weighted by atomic mass is 10.2. The number of nitrogens with zero attached hydrogens (tertiary/aromatic N) is 2. The van der Waals surface area contributed by atoms with Gasteiger partial charge in [0.15, 0.2) is 16.5 Å². The van der Waals surface area contributed by atoms with Crippen LogP contribution in [0, 0.1) is 0 Å². The summed E-state index contributed by atoms with van der Waals surface area (Å²) in [5, 5.41) is 3.16. The molecule has 0 saturated carbocycles. The predicted molar refractivity (Wildman–Crippen MR) is 114 cm³/mol. The number of benzene rings is 2. The summed E-state index contributed by atoms with van der Waals surface area (Å²) in [6, 6.07) is 12.9. The summed E-state index contributed by atoms with van der Waals surface area (Å²) in [5.74, 6) is 1.21. The standard InChI is InChI=1S/C21H23N3O4S/c1-4-28-18-11-14(9-10-17(18)27-3)12-22-19(25)13-29-20-21(26)24(2)16-8-6-5-7-15(16)23-20/h5-11H,4,12-13H2,1-3H3,(H,22,25). The lowest BCUT2D eigenvalue weighted by Gasteiger charge is -2.12. The topological polar surface area (TPSA) is 82.5 Å². The number of aromatic nitrogens is 2. The first-order valence-corrected chi connectivity index (χ1v) is 10.2. The molecule has 0 aliphatic carbocycles. The third-order valence-corrected chi connectivity index (χ3v) is 5.26. The van der Waals surface area contributed by atoms with Crippen molar-refractivity contribution in [3.63, 3.8) is 0 Å². The van der Waals surface area contributed by atoms with Crippen LogP contribution in [0.15, 0.2) is 52.3 Å². The molecule has 29 heavy (non-hydrogen) atoms. The minimum Gasteiger partial charge on any atom is -0.493 e. The number of aryl methyl sites for hydroxylation is 1. The number of fused-ring (bicyclic) bond motifs is 1. The molecular weight excluding hydrogens is 390 g/mol. The molecule has 0 atom stereocenters. The second-order valence-corrected chi connectivity index (χ2v) is 7.22. The Kier molecular flexibility index (Phi) is 6.77. The lowest BCUT2D eigenvalue weighted by Crippen LogP contribution is -2.26. The van der Waals surface area contributed by atoms with Crippen LogP contribution >= 0.6 is 11.8 Å². The van der Waals surface area contributed by atoms with Gasteiger partial charge in [-0.25, -0.2) is 4.98 Å². The highest BCUT2D eigenvalue weighted by molar-refractivity contribution is 7.99. The number of para-hydroxylation sites is 2. The Labute approximate surface area is 173 Å². The fourth-order valence-corrected chi connectivity index (χ4v) is 3.62. The van der Waals surface area contributed by atoms with Crippen LogP contribution in [0.5, 0.6) is 11.5 Å². The fraction of sp³-hybridized carbons (Fsp3) is 0.286. The number of methoxy groups -OCH3 is 1. The van der Waals surface area contributed by atoms with Crippen molar-refractivity contribution in [3.05, 3.63) is 58.4 Å². The molecular formula is C21H23N3O4S. The first-order chi connectivity index (χ1) is 14.0. The molecule has 1 aromatic heterocycles. The van der Waals surface area contributed by atoms with Gasteiger partial charge in [0.05, 0.1) is 30.5 Å². The lowest BCUT2D eigenvalue weighted by molar-refractivity contribution is -0.118. The Morgan fingerprint density at radius 3 is 2.76 bits per heavy atom. The maximum atomic E-state index is 12.5. The molecule has 2 aromatic carbocycles. The molecule has 0 spiro atoms. The number of rotatable bonds is 8. The quantitative estimate of drug-likeness (QED) is 0.572. The second-order valence-electron chi connectivity index (χ2n) is 6.25. The van der Waals surface area contributed by atoms with Gasteiger partial charge in [0.2, 0.25) is 5.91 Å². The van der Waals surface area contributed by atoms with E-state index in [-0.39, 0.29) is 17.2 Å². The van der Waals surface area contributed by atoms with Crippen molar-refractivity contribution in [2.45, 2.75) is 18.5 Å². The molecule has 7 nitrogen and oxygen atoms in total. The van der Waals surface area contributed by atoms with Crippen LogP contribution in [0.25, 0.3) is 11.0 Å². The van der Waals surface area contributed by atoms with Gasteiger partial charge in [0.25, 0.3) is 5.56 Å². The Hall–Kier alpha value is -3.00. The zero-order valence-corrected chi connectivity index (χ0v) is 17.4. The molecule has 0 radical (unpaired) electrons. The van der Waals surface area contributed by atoms with Crippen LogP contribution < -0.4 is 20.3 Å². The van der Waals surface area contributed by atoms with E-state index in [1.165, 1.54) is 0 Å². The summed E-state index contributed by atoms with van der Waals surface area (Å²) in [6.45, 7) is 2.78. The van der Waals surface area contributed by atoms with Crippen LogP contribution in [0.1, 0.15) is 12.5 Å². The van der Waals surface area contributed by atoms with Gasteiger partial charge in [-0.3, -0.25) is 9.59 Å². The highest BCUT2D eigenvalue weighted by atomic mass is 32.2. The molecule has 8 heteroatoms. The van der Waals surface area contributed by atoms with Gasteiger partial charge in [-0.05, 0) is 36.8 Å². The highest BCUT2D eigenvalue weighted by Crippen LogP contribution is 2.28. The van der Waals surface area contributed by atoms with Crippen molar-refractivity contribution in [1.29, 1.82) is 0 Å². The number of hydrogen-bond acceptors (Lipinski definition) is 6. The van der Waals surface area contributed by atoms with Crippen LogP contribution in [0.3, 0.4) is 0 Å². The van der Waals surface area contributed by atoms with Crippen molar-refractivity contribution in [3.8, 4) is 11.5 Å². The van der Waals surface area contributed by atoms with E-state index in [1.54, 1.807) is 18.7 Å². The van der Waals surface area contributed by atoms with Crippen molar-refractivity contribution < 1.29 is 14.3 Å². The van der Waals surface area contributed by atoms with Gasteiger partial charge < -0.3 is 19.4 Å². The average molecular weight is 413 g/mol. The minimum atomic E-state index is -0.210. The van der Waals surface area contributed by atoms with Crippen LogP contribution in [-0.2, 0) is 18.4 Å². The molecule has 3 rings (SSSR count). The third-order valence-electron chi connectivity index (χ3n) is 4.31. The zero-order chi connectivity index (χ0) is 20.8. The first-order valence-electron chi connectivity index (χ1n) is 9.18. The number of carbonyl (C=O) groups is 1. The normalized spacial score (nSPS) is 10.7. The van der Waals surface area contributed by atoms with Gasteiger partial charge in [-0.1, -0.05) is 30.0 Å². The maximum Gasteiger partial charge on any atom is 0.283 e. The molecule has 0 aliphatic heterocycles. The smallest absolute Gasteiger partial charge is 0.283 e. The SMILES string of the molecule is CCOc1cc(CNC(=O)CSc2nc3ccccc3n(C)c2=O)ccc1OC. The minimum absolute atomic E-state index is 0.106. The molecule has 152 valence electrons. The van der Waals surface area contributed by atoms with Crippen LogP contribution in [-0.4, -0.2) is 34.9 Å². The molecule has 0 bridgehead atoms. The molecule has 1 N–H and O–H groups in total. The Balaban J connectivity index is 1.62. The van der Waals surface area contributed by atoms with Crippen molar-refractivity contribution >= 4 is 28.7 Å². The van der Waals surface area contributed by atoms with E-state index in [4.69, 9.17) is 9.47 Å². The monoisotopic (exact) mass is 413 g/mol. The molecule has 1 amide bonds. The molecule has 1 heterocycles. The van der Waals surface area contributed by atoms with E-state index in [0.29, 0.717) is 29.7 Å². The van der Waals surface area contributed by atoms with Crippen molar-refractivity contribution in [2.75, 3.05) is 19.5 Å². The summed E-state index contributed by atoms with van der Waals surface area (Å²) in [6.07, 6.45) is 0. The zero-order valence-electron chi connectivity index (χ0n) is 16.6. The van der Waals surface area contributed by atoms with E-state index >= 15 is 0 Å². The molecule has 3 aromatic rings. The summed E-state index contributed by atoms with van der Waals surface area (Å²) in [5.41, 5.74) is 2.17. The van der Waals surface area contributed by atoms with E-state index in [0.717, 1.165) is 28.4 Å². The van der Waals surface area contributed by atoms with E-state index in [1.807, 2.05) is 49.4 Å². The summed E-state index contributed by atoms with van der Waals surface area (Å²) in [4.78, 5) is 29.1. The van der Waals surface area contributed by atoms with E-state index < -0.39 is 0 Å². The van der Waals surface area contributed by atoms with Gasteiger partial charge in [0.1, 0.15) is 0 Å². The summed E-state index contributed by atoms with van der Waals surface area (Å²) < 4.78 is 12.4. The Morgan fingerprint density at radius 2 is 2.00 bits per heavy atom. The van der Waals surface area contributed by atoms with Gasteiger partial charge in [-0.15, -0.1) is 0 Å². The molecule has 0 aliphatic rings. The first kappa shape index (κ1) is 20.7. The van der Waals surface area contributed by atoms with Gasteiger partial charge in [0, 0.05) is 13.6 Å². The predicted octanol–water partition coefficient (Wildman–Crippen LogP) is 2.75. The second kappa shape index (κ2) is 9.47. The van der Waals surface area contributed by atoms with Crippen molar-refractivity contribution in [1.82, 2.24) is 14.9 Å². The molecule has 0 unspecified atom stereocenters. The number of amides is 1. The van der Waals surface area contributed by atoms with Crippen molar-refractivity contribution in [2.24, 2.45) is 7.05 Å². The number of hydrogen-bond donors (Lipinski definition) is 1. The molecule has 0 fully saturated rings. The molecule has 0 saturated heterocycles. The van der Waals surface area contributed by atoms with E-state index in [9.17, 15) is 9.59 Å². The Morgan fingerprint density at radius 1 is 1.21 bits per heavy atom. The number of carbonyl (C=O) groups excluding carboxylic acids is 1. The van der Waals surface area contributed by atoms with Crippen LogP contribution in [0.2, 0.25) is 0 Å². The number of nitrogens with one attached hydrogen (secondary N) is 1. The highest BCUT2D eigenvalue weighted by Gasteiger charge is 2.12. The van der Waals surface area contributed by atoms with E-state index in [2.05, 4.69) is 10.3 Å². The Bertz CT molecular complexity index is 1080. The fourth-order valence-electron chi connectivity index (χ4n) is 2.83. The van der Waals surface area contributed by atoms with Crippen LogP contribution in [0.4, 0.5) is 0 Å². The largest absolute Gasteiger partial charge is 0.493 e. The van der Waals surface area contributed by atoms with Gasteiger partial charge >= 0.3 is 0 Å². The maximum absolute atomic E-state index is 12.5. The summed E-state index contributed by atoms with van der Waals surface area (Å²) in [7, 11) is 3.29. The number of thioether (sulfide) groups is 1. The van der Waals surface area contributed by atoms with Gasteiger partial charge in [-0.2, -0.15) is 0 Å². The average Bonchev–Trinajstić information content (AvgIpc) is 2.74.